The number of hydrogen-bond donors (Lipinski definition) is 1. The van der Waals surface area contributed by atoms with Gasteiger partial charge in [-0.2, -0.15) is 0 Å². The van der Waals surface area contributed by atoms with Crippen molar-refractivity contribution in [3.8, 4) is 17.1 Å². The fraction of sp³-hybridized carbons (Fsp3) is 0.529. The topological polar surface area (TPSA) is 114 Å². The number of carbonyl (C=O) groups is 2. The van der Waals surface area contributed by atoms with Crippen molar-refractivity contribution in [3.05, 3.63) is 56.9 Å². The van der Waals surface area contributed by atoms with Gasteiger partial charge in [0.15, 0.2) is 5.60 Å². The highest BCUT2D eigenvalue weighted by Gasteiger charge is 2.45. The summed E-state index contributed by atoms with van der Waals surface area (Å²) in [4.78, 5) is 48.3. The van der Waals surface area contributed by atoms with Crippen LogP contribution in [-0.2, 0) is 28.3 Å². The standard InChI is InChI=1S/C32H36N4O6.C2H6/c1-3-32(40)24-16-26-28-20(17-36(26)29(37)23(24)18-41-30(32)38)15-22-19(2)27(8-7-25(22)33-28)42-31(39)35-13-9-21(10-14-35)34-11-5-4-6-12-34;1-2/h7-8,15-16,21,40H,3-6,9-14,17-18H2,1-2H3;1-2H3. The van der Waals surface area contributed by atoms with Crippen molar-refractivity contribution in [1.82, 2.24) is 19.4 Å². The first-order valence-corrected chi connectivity index (χ1v) is 16.1. The monoisotopic (exact) mass is 602 g/mol. The molecule has 234 valence electrons. The van der Waals surface area contributed by atoms with Crippen molar-refractivity contribution in [3.63, 3.8) is 0 Å². The molecule has 6 heterocycles. The number of esters is 1. The van der Waals surface area contributed by atoms with Crippen LogP contribution in [0.3, 0.4) is 0 Å². The summed E-state index contributed by atoms with van der Waals surface area (Å²) in [6.45, 7) is 11.5. The minimum atomic E-state index is -1.86. The minimum absolute atomic E-state index is 0.0941. The molecule has 0 saturated carbocycles. The third-order valence-electron chi connectivity index (χ3n) is 9.74. The van der Waals surface area contributed by atoms with Crippen LogP contribution >= 0.6 is 0 Å². The number of likely N-dealkylation sites (tertiary alicyclic amines) is 2. The van der Waals surface area contributed by atoms with E-state index < -0.39 is 11.6 Å². The van der Waals surface area contributed by atoms with E-state index >= 15 is 0 Å². The summed E-state index contributed by atoms with van der Waals surface area (Å²) in [5.41, 5.74) is 2.01. The van der Waals surface area contributed by atoms with Gasteiger partial charge < -0.3 is 28.9 Å². The SMILES string of the molecule is CC.CCC1(O)C(=O)OCc2c1cc1n(c2=O)Cc2cc3c(C)c(OC(=O)N4CCC(N5CCCCC5)CC4)ccc3nc2-1. The summed E-state index contributed by atoms with van der Waals surface area (Å²) in [5.74, 6) is -0.241. The van der Waals surface area contributed by atoms with Gasteiger partial charge in [0.2, 0.25) is 0 Å². The van der Waals surface area contributed by atoms with Gasteiger partial charge in [0, 0.05) is 41.2 Å². The van der Waals surface area contributed by atoms with E-state index in [-0.39, 0.29) is 24.7 Å². The maximum absolute atomic E-state index is 13.4. The molecule has 3 aromatic rings. The van der Waals surface area contributed by atoms with Crippen LogP contribution < -0.4 is 10.3 Å². The van der Waals surface area contributed by atoms with Crippen LogP contribution in [0.5, 0.6) is 5.75 Å². The first-order valence-electron chi connectivity index (χ1n) is 16.1. The molecule has 2 fully saturated rings. The van der Waals surface area contributed by atoms with Crippen LogP contribution in [0.15, 0.2) is 29.1 Å². The minimum Gasteiger partial charge on any atom is -0.458 e. The number of aromatic nitrogens is 2. The molecule has 44 heavy (non-hydrogen) atoms. The van der Waals surface area contributed by atoms with E-state index in [0.29, 0.717) is 59.5 Å². The number of ether oxygens (including phenoxy) is 2. The molecular weight excluding hydrogens is 560 g/mol. The smallest absolute Gasteiger partial charge is 0.415 e. The first-order chi connectivity index (χ1) is 21.3. The molecule has 7 rings (SSSR count). The van der Waals surface area contributed by atoms with Gasteiger partial charge in [-0.1, -0.05) is 27.2 Å². The Hall–Kier alpha value is -3.76. The number of carbonyl (C=O) groups excluding carboxylic acids is 2. The molecule has 4 aliphatic rings. The number of hydrogen-bond acceptors (Lipinski definition) is 8. The number of piperidine rings is 2. The quantitative estimate of drug-likeness (QED) is 0.331. The number of pyridine rings is 2. The van der Waals surface area contributed by atoms with Crippen LogP contribution in [0.4, 0.5) is 4.79 Å². The average molecular weight is 603 g/mol. The van der Waals surface area contributed by atoms with Crippen LogP contribution in [0, 0.1) is 6.92 Å². The van der Waals surface area contributed by atoms with E-state index in [0.717, 1.165) is 29.4 Å². The maximum Gasteiger partial charge on any atom is 0.415 e. The Morgan fingerprint density at radius 2 is 1.82 bits per heavy atom. The van der Waals surface area contributed by atoms with Crippen LogP contribution in [0.2, 0.25) is 0 Å². The van der Waals surface area contributed by atoms with Gasteiger partial charge in [-0.05, 0) is 76.4 Å². The fourth-order valence-electron chi connectivity index (χ4n) is 7.14. The van der Waals surface area contributed by atoms with Crippen LogP contribution in [0.1, 0.15) is 81.5 Å². The molecule has 1 unspecified atom stereocenters. The number of amides is 1. The zero-order valence-electron chi connectivity index (χ0n) is 26.1. The second-order valence-corrected chi connectivity index (χ2v) is 12.0. The van der Waals surface area contributed by atoms with E-state index in [2.05, 4.69) is 4.90 Å². The highest BCUT2D eigenvalue weighted by molar-refractivity contribution is 5.90. The molecule has 0 aliphatic carbocycles. The summed E-state index contributed by atoms with van der Waals surface area (Å²) >= 11 is 0. The Balaban J connectivity index is 0.00000168. The first kappa shape index (κ1) is 30.3. The lowest BCUT2D eigenvalue weighted by Crippen LogP contribution is -2.48. The van der Waals surface area contributed by atoms with E-state index in [1.165, 1.54) is 32.4 Å². The van der Waals surface area contributed by atoms with Gasteiger partial charge in [0.05, 0.1) is 29.0 Å². The van der Waals surface area contributed by atoms with Crippen molar-refractivity contribution >= 4 is 23.0 Å². The number of benzene rings is 1. The normalized spacial score (nSPS) is 21.6. The number of cyclic esters (lactones) is 1. The lowest BCUT2D eigenvalue weighted by molar-refractivity contribution is -0.172. The van der Waals surface area contributed by atoms with E-state index in [1.807, 2.05) is 37.8 Å². The molecule has 0 spiro atoms. The molecule has 1 amide bonds. The largest absolute Gasteiger partial charge is 0.458 e. The van der Waals surface area contributed by atoms with E-state index in [4.69, 9.17) is 14.5 Å². The Bertz CT molecular complexity index is 1670. The molecular formula is C34H42N4O6. The summed E-state index contributed by atoms with van der Waals surface area (Å²) in [6, 6.07) is 7.86. The van der Waals surface area contributed by atoms with Crippen LogP contribution in [0.25, 0.3) is 22.3 Å². The summed E-state index contributed by atoms with van der Waals surface area (Å²) in [6.07, 6.45) is 5.57. The predicted molar refractivity (Wildman–Crippen MR) is 167 cm³/mol. The van der Waals surface area contributed by atoms with E-state index in [9.17, 15) is 19.5 Å². The van der Waals surface area contributed by atoms with Crippen molar-refractivity contribution in [2.45, 2.75) is 91.0 Å². The molecule has 4 aliphatic heterocycles. The lowest BCUT2D eigenvalue weighted by atomic mass is 9.86. The van der Waals surface area contributed by atoms with Crippen molar-refractivity contribution in [1.29, 1.82) is 0 Å². The lowest BCUT2D eigenvalue weighted by Gasteiger charge is -2.39. The molecule has 2 aromatic heterocycles. The van der Waals surface area contributed by atoms with Gasteiger partial charge >= 0.3 is 12.1 Å². The summed E-state index contributed by atoms with van der Waals surface area (Å²) in [5, 5.41) is 11.9. The predicted octanol–water partition coefficient (Wildman–Crippen LogP) is 4.86. The third kappa shape index (κ3) is 4.98. The number of nitrogens with zero attached hydrogens (tertiary/aromatic N) is 4. The highest BCUT2D eigenvalue weighted by Crippen LogP contribution is 2.39. The summed E-state index contributed by atoms with van der Waals surface area (Å²) < 4.78 is 12.7. The van der Waals surface area contributed by atoms with Gasteiger partial charge in [0.1, 0.15) is 12.4 Å². The molecule has 1 atom stereocenters. The molecule has 10 nitrogen and oxygen atoms in total. The number of aryl methyl sites for hydroxylation is 1. The summed E-state index contributed by atoms with van der Waals surface area (Å²) in [7, 11) is 0. The van der Waals surface area contributed by atoms with E-state index in [1.54, 1.807) is 23.6 Å². The molecule has 2 saturated heterocycles. The third-order valence-corrected chi connectivity index (χ3v) is 9.74. The molecule has 0 bridgehead atoms. The van der Waals surface area contributed by atoms with Gasteiger partial charge in [-0.15, -0.1) is 0 Å². The number of rotatable bonds is 3. The van der Waals surface area contributed by atoms with Crippen molar-refractivity contribution in [2.24, 2.45) is 0 Å². The Labute approximate surface area is 257 Å². The number of fused-ring (bicyclic) bond motifs is 5. The van der Waals surface area contributed by atoms with Gasteiger partial charge in [-0.25, -0.2) is 14.6 Å². The highest BCUT2D eigenvalue weighted by atomic mass is 16.6. The second-order valence-electron chi connectivity index (χ2n) is 12.0. The molecule has 1 aromatic carbocycles. The number of aliphatic hydroxyl groups is 1. The zero-order chi connectivity index (χ0) is 31.2. The Morgan fingerprint density at radius 3 is 2.52 bits per heavy atom. The Morgan fingerprint density at radius 1 is 1.09 bits per heavy atom. The van der Waals surface area contributed by atoms with Gasteiger partial charge in [0.25, 0.3) is 5.56 Å². The molecule has 1 N–H and O–H groups in total. The zero-order valence-corrected chi connectivity index (χ0v) is 26.1. The second kappa shape index (κ2) is 12.0. The Kier molecular flexibility index (Phi) is 8.24. The fourth-order valence-corrected chi connectivity index (χ4v) is 7.14. The maximum atomic E-state index is 13.4. The van der Waals surface area contributed by atoms with Crippen molar-refractivity contribution < 1.29 is 24.2 Å². The molecule has 10 heteroatoms. The van der Waals surface area contributed by atoms with Crippen LogP contribution in [-0.4, -0.2) is 68.7 Å². The van der Waals surface area contributed by atoms with Crippen molar-refractivity contribution in [2.75, 3.05) is 26.2 Å². The molecule has 0 radical (unpaired) electrons. The average Bonchev–Trinajstić information content (AvgIpc) is 3.43. The van der Waals surface area contributed by atoms with Gasteiger partial charge in [-0.3, -0.25) is 4.79 Å².